The number of methoxy groups -OCH3 is 2. The third-order valence-electron chi connectivity index (χ3n) is 11.2. The minimum absolute atomic E-state index is 0.0824. The fraction of sp³-hybridized carbons (Fsp3) is 0.625. The molecule has 1 N–H and O–H groups in total. The molecule has 0 saturated carbocycles. The molecule has 0 aliphatic heterocycles. The second-order valence-electron chi connectivity index (χ2n) is 16.6. The quantitative estimate of drug-likeness (QED) is 0.109. The first kappa shape index (κ1) is 41.1. The van der Waals surface area contributed by atoms with E-state index in [0.717, 1.165) is 12.8 Å². The number of ether oxygens (including phenoxy) is 2. The van der Waals surface area contributed by atoms with Gasteiger partial charge in [0.05, 0.1) is 32.8 Å². The topological polar surface area (TPSA) is 65.0 Å². The lowest BCUT2D eigenvalue weighted by atomic mass is 9.83. The molecule has 2 rings (SSSR count). The number of aliphatic hydroxyl groups is 1. The van der Waals surface area contributed by atoms with Gasteiger partial charge in [0, 0.05) is 20.1 Å². The molecule has 47 heavy (non-hydrogen) atoms. The second kappa shape index (κ2) is 16.6. The van der Waals surface area contributed by atoms with Crippen molar-refractivity contribution in [2.24, 2.45) is 11.3 Å². The van der Waals surface area contributed by atoms with Crippen LogP contribution in [0.1, 0.15) is 88.5 Å². The molecule has 0 aromatic heterocycles. The molecule has 0 saturated heterocycles. The number of benzene rings is 2. The molecule has 0 radical (unpaired) electrons. The van der Waals surface area contributed by atoms with Crippen LogP contribution in [0.2, 0.25) is 28.7 Å². The van der Waals surface area contributed by atoms with Gasteiger partial charge in [-0.05, 0) is 65.5 Å². The van der Waals surface area contributed by atoms with Gasteiger partial charge in [-0.25, -0.2) is 0 Å². The fourth-order valence-electron chi connectivity index (χ4n) is 6.83. The molecule has 7 heteroatoms. The smallest absolute Gasteiger partial charge is 0.313 e. The van der Waals surface area contributed by atoms with E-state index < -0.39 is 33.9 Å². The summed E-state index contributed by atoms with van der Waals surface area (Å²) in [7, 11) is -1.50. The summed E-state index contributed by atoms with van der Waals surface area (Å²) in [5.74, 6) is -0.169. The summed E-state index contributed by atoms with van der Waals surface area (Å²) in [6.45, 7) is 27.7. The van der Waals surface area contributed by atoms with E-state index >= 15 is 0 Å². The highest BCUT2D eigenvalue weighted by molar-refractivity contribution is 6.99. The highest BCUT2D eigenvalue weighted by Crippen LogP contribution is 2.49. The van der Waals surface area contributed by atoms with Gasteiger partial charge in [-0.2, -0.15) is 0 Å². The molecular weight excluding hydrogens is 617 g/mol. The number of esters is 1. The molecule has 264 valence electrons. The third-order valence-corrected chi connectivity index (χ3v) is 22.5. The van der Waals surface area contributed by atoms with Crippen LogP contribution >= 0.6 is 0 Å². The molecule has 0 aliphatic carbocycles. The summed E-state index contributed by atoms with van der Waals surface area (Å²) in [6.07, 6.45) is 3.52. The van der Waals surface area contributed by atoms with Crippen LogP contribution in [0.4, 0.5) is 0 Å². The van der Waals surface area contributed by atoms with E-state index in [-0.39, 0.29) is 22.1 Å². The minimum Gasteiger partial charge on any atom is -0.469 e. The first-order valence-corrected chi connectivity index (χ1v) is 22.4. The lowest BCUT2D eigenvalue weighted by molar-refractivity contribution is -0.158. The Morgan fingerprint density at radius 3 is 1.70 bits per heavy atom. The third kappa shape index (κ3) is 9.57. The lowest BCUT2D eigenvalue weighted by Gasteiger charge is -2.46. The Morgan fingerprint density at radius 1 is 0.830 bits per heavy atom. The zero-order valence-corrected chi connectivity index (χ0v) is 34.1. The summed E-state index contributed by atoms with van der Waals surface area (Å²) in [6, 6.07) is 21.7. The maximum absolute atomic E-state index is 12.5. The number of rotatable bonds is 16. The first-order chi connectivity index (χ1) is 21.7. The standard InChI is InChI=1S/C40H66O5Si2/c1-15-31(29-45-47(39(6,7)8,33-22-18-16-19-23-33)34-24-20-17-21-25-34)26-30(2)35(46(13,14)38(3,4)5)27-32(43-11)28-36(41)40(9,10)37(42)44-12/h16-26,31-32,35-36,41H,15,27-29H2,1-14H3/b30-26+/t31-,32-,35+,36+/m1/s1. The van der Waals surface area contributed by atoms with E-state index in [9.17, 15) is 9.90 Å². The van der Waals surface area contributed by atoms with Crippen molar-refractivity contribution >= 4 is 32.7 Å². The predicted molar refractivity (Wildman–Crippen MR) is 204 cm³/mol. The highest BCUT2D eigenvalue weighted by atomic mass is 28.4. The monoisotopic (exact) mass is 682 g/mol. The molecule has 0 spiro atoms. The van der Waals surface area contributed by atoms with E-state index in [4.69, 9.17) is 13.9 Å². The fourth-order valence-corrected chi connectivity index (χ4v) is 14.6. The lowest BCUT2D eigenvalue weighted by Crippen LogP contribution is -2.66. The summed E-state index contributed by atoms with van der Waals surface area (Å²) >= 11 is 0. The van der Waals surface area contributed by atoms with Crippen molar-refractivity contribution in [3.63, 3.8) is 0 Å². The van der Waals surface area contributed by atoms with E-state index in [2.05, 4.69) is 135 Å². The van der Waals surface area contributed by atoms with Gasteiger partial charge in [-0.1, -0.05) is 134 Å². The predicted octanol–water partition coefficient (Wildman–Crippen LogP) is 8.77. The maximum atomic E-state index is 12.5. The Hall–Kier alpha value is -2.04. The van der Waals surface area contributed by atoms with Crippen LogP contribution in [0, 0.1) is 11.3 Å². The van der Waals surface area contributed by atoms with Gasteiger partial charge in [0.15, 0.2) is 0 Å². The second-order valence-corrected chi connectivity index (χ2v) is 26.6. The normalized spacial score (nSPS) is 16.4. The SMILES string of the molecule is CC[C@H](/C=C(\C)[C@H](C[C@H](C[C@H](O)C(C)(C)C(=O)OC)OC)[Si](C)(C)C(C)(C)C)CO[Si](c1ccccc1)(c1ccccc1)C(C)(C)C. The Morgan fingerprint density at radius 2 is 1.32 bits per heavy atom. The van der Waals surface area contributed by atoms with Crippen molar-refractivity contribution in [3.8, 4) is 0 Å². The Kier molecular flexibility index (Phi) is 14.5. The number of carbonyl (C=O) groups is 1. The van der Waals surface area contributed by atoms with Gasteiger partial charge in [-0.15, -0.1) is 0 Å². The van der Waals surface area contributed by atoms with Crippen molar-refractivity contribution in [2.45, 2.75) is 129 Å². The molecule has 0 bridgehead atoms. The van der Waals surface area contributed by atoms with Crippen LogP contribution in [-0.2, 0) is 18.7 Å². The van der Waals surface area contributed by atoms with Crippen molar-refractivity contribution in [3.05, 3.63) is 72.3 Å². The van der Waals surface area contributed by atoms with Gasteiger partial charge in [-0.3, -0.25) is 4.79 Å². The van der Waals surface area contributed by atoms with Gasteiger partial charge in [0.2, 0.25) is 0 Å². The van der Waals surface area contributed by atoms with Crippen LogP contribution in [0.3, 0.4) is 0 Å². The van der Waals surface area contributed by atoms with Crippen LogP contribution in [-0.4, -0.2) is 60.5 Å². The van der Waals surface area contributed by atoms with Gasteiger partial charge >= 0.3 is 5.97 Å². The van der Waals surface area contributed by atoms with Gasteiger partial charge < -0.3 is 19.0 Å². The molecular formula is C40H66O5Si2. The first-order valence-electron chi connectivity index (χ1n) is 17.4. The van der Waals surface area contributed by atoms with E-state index in [1.54, 1.807) is 21.0 Å². The van der Waals surface area contributed by atoms with E-state index in [1.165, 1.54) is 23.1 Å². The number of aliphatic hydroxyl groups excluding tert-OH is 1. The molecule has 2 aromatic carbocycles. The van der Waals surface area contributed by atoms with Crippen molar-refractivity contribution in [1.82, 2.24) is 0 Å². The van der Waals surface area contributed by atoms with Crippen LogP contribution in [0.5, 0.6) is 0 Å². The van der Waals surface area contributed by atoms with Crippen molar-refractivity contribution in [1.29, 1.82) is 0 Å². The average Bonchev–Trinajstić information content (AvgIpc) is 3.01. The van der Waals surface area contributed by atoms with Gasteiger partial charge in [0.25, 0.3) is 8.32 Å². The zero-order valence-electron chi connectivity index (χ0n) is 32.1. The zero-order chi connectivity index (χ0) is 35.8. The number of allylic oxidation sites excluding steroid dienone is 1. The van der Waals surface area contributed by atoms with Crippen LogP contribution in [0.15, 0.2) is 72.3 Å². The maximum Gasteiger partial charge on any atom is 0.313 e. The molecule has 0 heterocycles. The largest absolute Gasteiger partial charge is 0.469 e. The van der Waals surface area contributed by atoms with Crippen molar-refractivity contribution < 1.29 is 23.8 Å². The molecule has 4 atom stereocenters. The Labute approximate surface area is 289 Å². The van der Waals surface area contributed by atoms with Crippen LogP contribution < -0.4 is 10.4 Å². The minimum atomic E-state index is -2.66. The van der Waals surface area contributed by atoms with Crippen LogP contribution in [0.25, 0.3) is 0 Å². The summed E-state index contributed by atoms with van der Waals surface area (Å²) < 4.78 is 18.4. The van der Waals surface area contributed by atoms with E-state index in [0.29, 0.717) is 18.6 Å². The summed E-state index contributed by atoms with van der Waals surface area (Å²) in [5, 5.41) is 13.8. The van der Waals surface area contributed by atoms with Gasteiger partial charge in [0.1, 0.15) is 0 Å². The molecule has 2 aromatic rings. The molecule has 0 amide bonds. The summed E-state index contributed by atoms with van der Waals surface area (Å²) in [4.78, 5) is 12.5. The number of carbonyl (C=O) groups excluding carboxylic acids is 1. The molecule has 0 unspecified atom stereocenters. The van der Waals surface area contributed by atoms with E-state index in [1.807, 2.05) is 0 Å². The van der Waals surface area contributed by atoms with Crippen molar-refractivity contribution in [2.75, 3.05) is 20.8 Å². The Bertz CT molecular complexity index is 1240. The molecule has 0 fully saturated rings. The molecule has 0 aliphatic rings. The average molecular weight is 683 g/mol. The Balaban J connectivity index is 2.53. The molecule has 5 nitrogen and oxygen atoms in total. The number of hydrogen-bond acceptors (Lipinski definition) is 5. The summed E-state index contributed by atoms with van der Waals surface area (Å²) in [5.41, 5.74) is 0.662. The number of hydrogen-bond donors (Lipinski definition) is 1. The highest BCUT2D eigenvalue weighted by Gasteiger charge is 2.50.